The van der Waals surface area contributed by atoms with E-state index < -0.39 is 0 Å². The van der Waals surface area contributed by atoms with Gasteiger partial charge in [0.1, 0.15) is 5.75 Å². The van der Waals surface area contributed by atoms with E-state index in [0.717, 1.165) is 5.69 Å². The molecule has 5 heteroatoms. The summed E-state index contributed by atoms with van der Waals surface area (Å²) in [4.78, 5) is 10.3. The van der Waals surface area contributed by atoms with Crippen molar-refractivity contribution in [3.8, 4) is 11.6 Å². The summed E-state index contributed by atoms with van der Waals surface area (Å²) >= 11 is 5.80. The van der Waals surface area contributed by atoms with Gasteiger partial charge in [-0.3, -0.25) is 0 Å². The molecule has 0 radical (unpaired) electrons. The van der Waals surface area contributed by atoms with E-state index >= 15 is 0 Å². The van der Waals surface area contributed by atoms with Crippen LogP contribution in [0.3, 0.4) is 0 Å². The Bertz CT molecular complexity index is 550. The smallest absolute Gasteiger partial charge is 0.219 e. The first-order valence-electron chi connectivity index (χ1n) is 5.73. The van der Waals surface area contributed by atoms with E-state index in [0.29, 0.717) is 16.7 Å². The summed E-state index contributed by atoms with van der Waals surface area (Å²) < 4.78 is 5.58. The fourth-order valence-electron chi connectivity index (χ4n) is 1.31. The zero-order chi connectivity index (χ0) is 13.7. The van der Waals surface area contributed by atoms with Crippen LogP contribution in [0, 0.1) is 0 Å². The number of halogens is 1. The van der Waals surface area contributed by atoms with Crippen LogP contribution in [0.4, 0.5) is 5.69 Å². The third-order valence-electron chi connectivity index (χ3n) is 2.19. The lowest BCUT2D eigenvalue weighted by Crippen LogP contribution is -2.06. The van der Waals surface area contributed by atoms with E-state index in [1.54, 1.807) is 42.9 Å². The van der Waals surface area contributed by atoms with Crippen LogP contribution in [-0.2, 0) is 0 Å². The number of nitrogens with zero attached hydrogens (tertiary/aromatic N) is 3. The zero-order valence-corrected chi connectivity index (χ0v) is 11.5. The van der Waals surface area contributed by atoms with E-state index in [1.165, 1.54) is 0 Å². The molecule has 0 spiro atoms. The summed E-state index contributed by atoms with van der Waals surface area (Å²) in [7, 11) is 3.82. The molecule has 0 fully saturated rings. The summed E-state index contributed by atoms with van der Waals surface area (Å²) in [6.07, 6.45) is 3.38. The van der Waals surface area contributed by atoms with Crippen molar-refractivity contribution < 1.29 is 4.74 Å². The minimum Gasteiger partial charge on any atom is -0.439 e. The first-order chi connectivity index (χ1) is 9.13. The molecule has 0 unspecified atom stereocenters. The summed E-state index contributed by atoms with van der Waals surface area (Å²) in [5.41, 5.74) is 0.775. The third kappa shape index (κ3) is 4.26. The van der Waals surface area contributed by atoms with Gasteiger partial charge in [0, 0.05) is 25.2 Å². The Morgan fingerprint density at radius 1 is 1.16 bits per heavy atom. The van der Waals surface area contributed by atoms with E-state index in [-0.39, 0.29) is 0 Å². The Labute approximate surface area is 117 Å². The maximum absolute atomic E-state index is 5.80. The Hall–Kier alpha value is -2.07. The predicted molar refractivity (Wildman–Crippen MR) is 77.6 cm³/mol. The lowest BCUT2D eigenvalue weighted by Gasteiger charge is -2.05. The van der Waals surface area contributed by atoms with Crippen LogP contribution in [0.2, 0.25) is 5.02 Å². The van der Waals surface area contributed by atoms with E-state index in [9.17, 15) is 0 Å². The molecule has 0 N–H and O–H groups in total. The first kappa shape index (κ1) is 13.4. The molecule has 4 nitrogen and oxygen atoms in total. The second-order valence-corrected chi connectivity index (χ2v) is 4.56. The minimum atomic E-state index is 0.520. The fraction of sp³-hybridized carbons (Fsp3) is 0.143. The molecular formula is C14H14ClN3O. The molecule has 0 amide bonds. The number of aliphatic imine (C=N–C) groups is 1. The van der Waals surface area contributed by atoms with Crippen molar-refractivity contribution >= 4 is 23.6 Å². The second-order valence-electron chi connectivity index (χ2n) is 4.12. The number of hydrogen-bond acceptors (Lipinski definition) is 3. The van der Waals surface area contributed by atoms with Gasteiger partial charge in [-0.05, 0) is 30.3 Å². The molecule has 0 bridgehead atoms. The van der Waals surface area contributed by atoms with Crippen LogP contribution in [-0.4, -0.2) is 30.3 Å². The molecule has 2 rings (SSSR count). The zero-order valence-electron chi connectivity index (χ0n) is 10.7. The molecular weight excluding hydrogens is 262 g/mol. The molecule has 19 heavy (non-hydrogen) atoms. The first-order valence-corrected chi connectivity index (χ1v) is 6.11. The van der Waals surface area contributed by atoms with Crippen molar-refractivity contribution in [1.29, 1.82) is 0 Å². The van der Waals surface area contributed by atoms with E-state index in [1.807, 2.05) is 25.1 Å². The topological polar surface area (TPSA) is 37.7 Å². The van der Waals surface area contributed by atoms with Crippen LogP contribution >= 0.6 is 11.6 Å². The van der Waals surface area contributed by atoms with Gasteiger partial charge in [0.05, 0.1) is 18.2 Å². The molecule has 0 saturated carbocycles. The highest BCUT2D eigenvalue weighted by molar-refractivity contribution is 6.30. The second kappa shape index (κ2) is 6.20. The molecule has 0 atom stereocenters. The predicted octanol–water partition coefficient (Wildman–Crippen LogP) is 3.75. The average molecular weight is 276 g/mol. The SMILES string of the molecule is CN(C)C=Nc1ccc(Oc2ccc(Cl)cc2)nc1. The highest BCUT2D eigenvalue weighted by atomic mass is 35.5. The summed E-state index contributed by atoms with van der Waals surface area (Å²) in [5.74, 6) is 1.22. The van der Waals surface area contributed by atoms with Crippen molar-refractivity contribution in [3.63, 3.8) is 0 Å². The van der Waals surface area contributed by atoms with Gasteiger partial charge in [-0.2, -0.15) is 0 Å². The maximum Gasteiger partial charge on any atom is 0.219 e. The van der Waals surface area contributed by atoms with Gasteiger partial charge >= 0.3 is 0 Å². The Morgan fingerprint density at radius 3 is 2.47 bits per heavy atom. The molecule has 0 aliphatic heterocycles. The summed E-state index contributed by atoms with van der Waals surface area (Å²) in [6.45, 7) is 0. The maximum atomic E-state index is 5.80. The van der Waals surface area contributed by atoms with Crippen molar-refractivity contribution in [1.82, 2.24) is 9.88 Å². The summed E-state index contributed by atoms with van der Waals surface area (Å²) in [5, 5.41) is 0.675. The summed E-state index contributed by atoms with van der Waals surface area (Å²) in [6, 6.07) is 10.7. The average Bonchev–Trinajstić information content (AvgIpc) is 2.40. The Kier molecular flexibility index (Phi) is 4.36. The lowest BCUT2D eigenvalue weighted by molar-refractivity contribution is 0.463. The quantitative estimate of drug-likeness (QED) is 0.630. The van der Waals surface area contributed by atoms with Gasteiger partial charge in [0.2, 0.25) is 5.88 Å². The number of benzene rings is 1. The van der Waals surface area contributed by atoms with Crippen molar-refractivity contribution in [3.05, 3.63) is 47.6 Å². The molecule has 98 valence electrons. The molecule has 1 aromatic heterocycles. The van der Waals surface area contributed by atoms with E-state index in [4.69, 9.17) is 16.3 Å². The number of ether oxygens (including phenoxy) is 1. The largest absolute Gasteiger partial charge is 0.439 e. The fourth-order valence-corrected chi connectivity index (χ4v) is 1.44. The van der Waals surface area contributed by atoms with Crippen molar-refractivity contribution in [2.24, 2.45) is 4.99 Å². The monoisotopic (exact) mass is 275 g/mol. The van der Waals surface area contributed by atoms with E-state index in [2.05, 4.69) is 9.98 Å². The number of rotatable bonds is 4. The third-order valence-corrected chi connectivity index (χ3v) is 2.45. The number of aromatic nitrogens is 1. The van der Waals surface area contributed by atoms with Gasteiger partial charge < -0.3 is 9.64 Å². The van der Waals surface area contributed by atoms with Gasteiger partial charge in [0.25, 0.3) is 0 Å². The van der Waals surface area contributed by atoms with Crippen molar-refractivity contribution in [2.45, 2.75) is 0 Å². The van der Waals surface area contributed by atoms with Gasteiger partial charge in [-0.1, -0.05) is 11.6 Å². The Balaban J connectivity index is 2.04. The normalized spacial score (nSPS) is 10.7. The van der Waals surface area contributed by atoms with Crippen LogP contribution in [0.15, 0.2) is 47.6 Å². The van der Waals surface area contributed by atoms with Crippen LogP contribution < -0.4 is 4.74 Å². The Morgan fingerprint density at radius 2 is 1.89 bits per heavy atom. The van der Waals surface area contributed by atoms with Crippen LogP contribution in [0.25, 0.3) is 0 Å². The van der Waals surface area contributed by atoms with Gasteiger partial charge in [-0.25, -0.2) is 9.98 Å². The highest BCUT2D eigenvalue weighted by Crippen LogP contribution is 2.22. The lowest BCUT2D eigenvalue weighted by atomic mass is 10.3. The molecule has 0 aliphatic rings. The highest BCUT2D eigenvalue weighted by Gasteiger charge is 1.99. The minimum absolute atomic E-state index is 0.520. The molecule has 2 aromatic rings. The number of hydrogen-bond donors (Lipinski definition) is 0. The van der Waals surface area contributed by atoms with Crippen LogP contribution in [0.1, 0.15) is 0 Å². The molecule has 0 saturated heterocycles. The van der Waals surface area contributed by atoms with Gasteiger partial charge in [0.15, 0.2) is 0 Å². The number of pyridine rings is 1. The standard InChI is InChI=1S/C14H14ClN3O/c1-18(2)10-17-12-5-8-14(16-9-12)19-13-6-3-11(15)4-7-13/h3-10H,1-2H3. The molecule has 1 heterocycles. The molecule has 0 aliphatic carbocycles. The molecule has 1 aromatic carbocycles. The van der Waals surface area contributed by atoms with Gasteiger partial charge in [-0.15, -0.1) is 0 Å². The van der Waals surface area contributed by atoms with Crippen molar-refractivity contribution in [2.75, 3.05) is 14.1 Å². The van der Waals surface area contributed by atoms with Crippen LogP contribution in [0.5, 0.6) is 11.6 Å².